The maximum atomic E-state index is 12.0. The Bertz CT molecular complexity index is 495. The molecule has 0 aliphatic heterocycles. The van der Waals surface area contributed by atoms with E-state index in [2.05, 4.69) is 6.58 Å². The van der Waals surface area contributed by atoms with Gasteiger partial charge >= 0.3 is 11.9 Å². The van der Waals surface area contributed by atoms with Crippen molar-refractivity contribution in [1.82, 2.24) is 0 Å². The van der Waals surface area contributed by atoms with Crippen LogP contribution in [0.25, 0.3) is 6.08 Å². The van der Waals surface area contributed by atoms with Gasteiger partial charge in [-0.3, -0.25) is 0 Å². The van der Waals surface area contributed by atoms with Gasteiger partial charge in [0.25, 0.3) is 0 Å². The highest BCUT2D eigenvalue weighted by Gasteiger charge is 2.22. The Morgan fingerprint density at radius 2 is 1.83 bits per heavy atom. The lowest BCUT2D eigenvalue weighted by Crippen LogP contribution is -2.24. The van der Waals surface area contributed by atoms with Gasteiger partial charge in [-0.2, -0.15) is 0 Å². The lowest BCUT2D eigenvalue weighted by molar-refractivity contribution is 0.00693. The smallest absolute Gasteiger partial charge is 0.339 e. The molecule has 0 fully saturated rings. The molecule has 0 unspecified atom stereocenters. The standard InChI is InChI=1S/C14H16O4/c1-5-9-10(12(15)16)7-6-8-11(9)13(17)18-14(2,3)4/h5-8H,1H2,2-4H3,(H,15,16). The number of ether oxygens (including phenoxy) is 1. The largest absolute Gasteiger partial charge is 0.478 e. The van der Waals surface area contributed by atoms with Gasteiger partial charge in [0.1, 0.15) is 5.60 Å². The highest BCUT2D eigenvalue weighted by atomic mass is 16.6. The summed E-state index contributed by atoms with van der Waals surface area (Å²) in [5, 5.41) is 9.04. The molecule has 0 amide bonds. The fourth-order valence-electron chi connectivity index (χ4n) is 1.48. The van der Waals surface area contributed by atoms with E-state index in [1.807, 2.05) is 0 Å². The number of rotatable bonds is 3. The summed E-state index contributed by atoms with van der Waals surface area (Å²) in [4.78, 5) is 23.0. The van der Waals surface area contributed by atoms with Crippen molar-refractivity contribution in [2.45, 2.75) is 26.4 Å². The van der Waals surface area contributed by atoms with Gasteiger partial charge < -0.3 is 9.84 Å². The zero-order valence-corrected chi connectivity index (χ0v) is 10.7. The number of aromatic carboxylic acids is 1. The third kappa shape index (κ3) is 3.20. The van der Waals surface area contributed by atoms with Crippen LogP contribution in [0.1, 0.15) is 47.1 Å². The molecule has 0 aliphatic rings. The summed E-state index contributed by atoms with van der Waals surface area (Å²) in [5.41, 5.74) is -0.109. The lowest BCUT2D eigenvalue weighted by atomic mass is 10.0. The molecule has 0 bridgehead atoms. The van der Waals surface area contributed by atoms with E-state index in [-0.39, 0.29) is 16.7 Å². The molecule has 1 aromatic carbocycles. The summed E-state index contributed by atoms with van der Waals surface area (Å²) in [6.45, 7) is 8.79. The van der Waals surface area contributed by atoms with Crippen LogP contribution in [0.3, 0.4) is 0 Å². The van der Waals surface area contributed by atoms with Gasteiger partial charge in [0.2, 0.25) is 0 Å². The third-order valence-electron chi connectivity index (χ3n) is 2.16. The summed E-state index contributed by atoms with van der Waals surface area (Å²) in [7, 11) is 0. The maximum absolute atomic E-state index is 12.0. The Kier molecular flexibility index (Phi) is 3.91. The van der Waals surface area contributed by atoms with Crippen LogP contribution in [-0.2, 0) is 4.74 Å². The molecule has 96 valence electrons. The van der Waals surface area contributed by atoms with E-state index in [1.54, 1.807) is 20.8 Å². The first kappa shape index (κ1) is 14.0. The average Bonchev–Trinajstić information content (AvgIpc) is 2.25. The molecular formula is C14H16O4. The van der Waals surface area contributed by atoms with E-state index in [4.69, 9.17) is 9.84 Å². The second kappa shape index (κ2) is 5.04. The zero-order chi connectivity index (χ0) is 13.9. The van der Waals surface area contributed by atoms with Crippen LogP contribution in [0.2, 0.25) is 0 Å². The lowest BCUT2D eigenvalue weighted by Gasteiger charge is -2.20. The molecule has 0 saturated carbocycles. The molecule has 0 aliphatic carbocycles. The monoisotopic (exact) mass is 248 g/mol. The van der Waals surface area contributed by atoms with Gasteiger partial charge in [0, 0.05) is 5.56 Å². The first-order valence-electron chi connectivity index (χ1n) is 5.48. The first-order valence-corrected chi connectivity index (χ1v) is 5.48. The Balaban J connectivity index is 3.25. The molecular weight excluding hydrogens is 232 g/mol. The molecule has 4 heteroatoms. The number of carboxylic acids is 1. The van der Waals surface area contributed by atoms with Crippen molar-refractivity contribution in [2.24, 2.45) is 0 Å². The second-order valence-electron chi connectivity index (χ2n) is 4.78. The molecule has 1 N–H and O–H groups in total. The minimum Gasteiger partial charge on any atom is -0.478 e. The molecule has 18 heavy (non-hydrogen) atoms. The quantitative estimate of drug-likeness (QED) is 0.835. The van der Waals surface area contributed by atoms with Crippen LogP contribution in [0.4, 0.5) is 0 Å². The molecule has 4 nitrogen and oxygen atoms in total. The van der Waals surface area contributed by atoms with Gasteiger partial charge in [-0.05, 0) is 32.9 Å². The molecule has 1 rings (SSSR count). The van der Waals surface area contributed by atoms with Crippen LogP contribution in [-0.4, -0.2) is 22.6 Å². The number of esters is 1. The Morgan fingerprint density at radius 3 is 2.28 bits per heavy atom. The fraction of sp³-hybridized carbons (Fsp3) is 0.286. The minimum atomic E-state index is -1.10. The maximum Gasteiger partial charge on any atom is 0.339 e. The van der Waals surface area contributed by atoms with Crippen molar-refractivity contribution in [2.75, 3.05) is 0 Å². The third-order valence-corrected chi connectivity index (χ3v) is 2.16. The van der Waals surface area contributed by atoms with Crippen molar-refractivity contribution >= 4 is 18.0 Å². The summed E-state index contributed by atoms with van der Waals surface area (Å²) < 4.78 is 5.22. The Morgan fingerprint density at radius 1 is 1.28 bits per heavy atom. The van der Waals surface area contributed by atoms with Crippen molar-refractivity contribution in [3.05, 3.63) is 41.5 Å². The van der Waals surface area contributed by atoms with E-state index in [1.165, 1.54) is 24.3 Å². The van der Waals surface area contributed by atoms with Gasteiger partial charge in [-0.1, -0.05) is 18.7 Å². The van der Waals surface area contributed by atoms with Crippen molar-refractivity contribution in [3.63, 3.8) is 0 Å². The van der Waals surface area contributed by atoms with Crippen LogP contribution >= 0.6 is 0 Å². The number of hydrogen-bond acceptors (Lipinski definition) is 3. The molecule has 0 radical (unpaired) electrons. The second-order valence-corrected chi connectivity index (χ2v) is 4.78. The highest BCUT2D eigenvalue weighted by molar-refractivity contribution is 6.00. The summed E-state index contributed by atoms with van der Waals surface area (Å²) >= 11 is 0. The molecule has 1 aromatic rings. The SMILES string of the molecule is C=Cc1c(C(=O)O)cccc1C(=O)OC(C)(C)C. The topological polar surface area (TPSA) is 63.6 Å². The molecule has 0 heterocycles. The van der Waals surface area contributed by atoms with Crippen molar-refractivity contribution in [1.29, 1.82) is 0 Å². The predicted octanol–water partition coefficient (Wildman–Crippen LogP) is 2.98. The predicted molar refractivity (Wildman–Crippen MR) is 68.7 cm³/mol. The van der Waals surface area contributed by atoms with E-state index in [9.17, 15) is 9.59 Å². The van der Waals surface area contributed by atoms with Crippen molar-refractivity contribution in [3.8, 4) is 0 Å². The minimum absolute atomic E-state index is 0.0355. The Hall–Kier alpha value is -2.10. The van der Waals surface area contributed by atoms with Gasteiger partial charge in [0.05, 0.1) is 11.1 Å². The number of benzene rings is 1. The summed E-state index contributed by atoms with van der Waals surface area (Å²) in [6, 6.07) is 4.46. The molecule has 0 aromatic heterocycles. The summed E-state index contributed by atoms with van der Waals surface area (Å²) in [5.74, 6) is -1.66. The van der Waals surface area contributed by atoms with Crippen LogP contribution in [0.15, 0.2) is 24.8 Å². The van der Waals surface area contributed by atoms with Gasteiger partial charge in [0.15, 0.2) is 0 Å². The number of hydrogen-bond donors (Lipinski definition) is 1. The van der Waals surface area contributed by atoms with Gasteiger partial charge in [-0.25, -0.2) is 9.59 Å². The van der Waals surface area contributed by atoms with Crippen LogP contribution in [0, 0.1) is 0 Å². The first-order chi connectivity index (χ1) is 8.26. The summed E-state index contributed by atoms with van der Waals surface area (Å²) in [6.07, 6.45) is 1.35. The van der Waals surface area contributed by atoms with E-state index in [0.29, 0.717) is 0 Å². The van der Waals surface area contributed by atoms with E-state index >= 15 is 0 Å². The molecule has 0 atom stereocenters. The highest BCUT2D eigenvalue weighted by Crippen LogP contribution is 2.20. The van der Waals surface area contributed by atoms with E-state index < -0.39 is 17.5 Å². The zero-order valence-electron chi connectivity index (χ0n) is 10.7. The molecule has 0 spiro atoms. The van der Waals surface area contributed by atoms with E-state index in [0.717, 1.165) is 0 Å². The normalized spacial score (nSPS) is 10.8. The number of carbonyl (C=O) groups is 2. The van der Waals surface area contributed by atoms with Crippen molar-refractivity contribution < 1.29 is 19.4 Å². The fourth-order valence-corrected chi connectivity index (χ4v) is 1.48. The Labute approximate surface area is 106 Å². The van der Waals surface area contributed by atoms with Gasteiger partial charge in [-0.15, -0.1) is 0 Å². The number of carbonyl (C=O) groups excluding carboxylic acids is 1. The van der Waals surface area contributed by atoms with Crippen LogP contribution in [0.5, 0.6) is 0 Å². The van der Waals surface area contributed by atoms with Crippen LogP contribution < -0.4 is 0 Å². The average molecular weight is 248 g/mol. The molecule has 0 saturated heterocycles. The number of carboxylic acid groups (broad SMARTS) is 1.